The average molecular weight is 643 g/mol. The topological polar surface area (TPSA) is 98.7 Å². The molecule has 7 nitrogen and oxygen atoms in total. The Morgan fingerprint density at radius 1 is 1.02 bits per heavy atom. The molecule has 1 saturated heterocycles. The second-order valence-corrected chi connectivity index (χ2v) is 14.6. The minimum Gasteiger partial charge on any atom is -0.481 e. The van der Waals surface area contributed by atoms with Crippen LogP contribution >= 0.6 is 23.2 Å². The van der Waals surface area contributed by atoms with Crippen molar-refractivity contribution < 1.29 is 23.9 Å². The summed E-state index contributed by atoms with van der Waals surface area (Å²) in [6.45, 7) is 2.32. The number of halogens is 3. The fourth-order valence-electron chi connectivity index (χ4n) is 9.74. The number of hydrogen-bond acceptors (Lipinski definition) is 4. The van der Waals surface area contributed by atoms with Gasteiger partial charge in [0, 0.05) is 34.3 Å². The van der Waals surface area contributed by atoms with Crippen molar-refractivity contribution in [1.82, 2.24) is 10.6 Å². The Morgan fingerprint density at radius 2 is 1.70 bits per heavy atom. The van der Waals surface area contributed by atoms with Crippen molar-refractivity contribution in [2.75, 3.05) is 11.4 Å². The molecule has 5 fully saturated rings. The average Bonchev–Trinajstić information content (AvgIpc) is 3.44. The van der Waals surface area contributed by atoms with E-state index in [0.29, 0.717) is 68.6 Å². The third-order valence-corrected chi connectivity index (χ3v) is 12.5. The minimum atomic E-state index is -1.27. The fraction of sp³-hybridized carbons (Fsp3) is 0.559. The molecule has 3 N–H and O–H groups in total. The van der Waals surface area contributed by atoms with Gasteiger partial charge in [-0.25, -0.2) is 4.39 Å². The van der Waals surface area contributed by atoms with Crippen molar-refractivity contribution in [1.29, 1.82) is 0 Å². The number of nitrogens with one attached hydrogen (secondary N) is 2. The molecule has 10 heteroatoms. The number of benzene rings is 2. The van der Waals surface area contributed by atoms with Gasteiger partial charge < -0.3 is 15.3 Å². The number of anilines is 1. The number of amides is 2. The van der Waals surface area contributed by atoms with E-state index in [-0.39, 0.29) is 22.4 Å². The van der Waals surface area contributed by atoms with Crippen LogP contribution in [0.25, 0.3) is 0 Å². The number of carboxylic acid groups (broad SMARTS) is 1. The molecule has 2 unspecified atom stereocenters. The third-order valence-electron chi connectivity index (χ3n) is 12.0. The highest BCUT2D eigenvalue weighted by Gasteiger charge is 2.73. The van der Waals surface area contributed by atoms with Crippen LogP contribution in [0.3, 0.4) is 0 Å². The molecular weight excluding hydrogens is 604 g/mol. The summed E-state index contributed by atoms with van der Waals surface area (Å²) in [7, 11) is 0. The molecule has 44 heavy (non-hydrogen) atoms. The number of carboxylic acids is 1. The van der Waals surface area contributed by atoms with E-state index in [1.165, 1.54) is 6.07 Å². The lowest BCUT2D eigenvalue weighted by Gasteiger charge is -2.52. The smallest absolute Gasteiger partial charge is 0.309 e. The van der Waals surface area contributed by atoms with E-state index in [9.17, 15) is 14.7 Å². The summed E-state index contributed by atoms with van der Waals surface area (Å²) in [5, 5.41) is 17.4. The molecule has 0 aromatic heterocycles. The van der Waals surface area contributed by atoms with E-state index >= 15 is 9.18 Å². The van der Waals surface area contributed by atoms with Crippen LogP contribution in [0.4, 0.5) is 10.1 Å². The first-order valence-corrected chi connectivity index (χ1v) is 16.7. The first-order chi connectivity index (χ1) is 21.0. The van der Waals surface area contributed by atoms with Crippen LogP contribution < -0.4 is 15.5 Å². The summed E-state index contributed by atoms with van der Waals surface area (Å²) < 4.78 is 16.3. The van der Waals surface area contributed by atoms with Crippen LogP contribution in [0.1, 0.15) is 94.6 Å². The predicted octanol–water partition coefficient (Wildman–Crippen LogP) is 6.49. The summed E-state index contributed by atoms with van der Waals surface area (Å²) in [6, 6.07) is 9.39. The normalized spacial score (nSPS) is 33.6. The Balaban J connectivity index is 1.40. The van der Waals surface area contributed by atoms with Gasteiger partial charge in [0.25, 0.3) is 0 Å². The summed E-state index contributed by atoms with van der Waals surface area (Å²) >= 11 is 12.9. The Kier molecular flexibility index (Phi) is 7.11. The molecule has 3 atom stereocenters. The number of rotatable bonds is 5. The Morgan fingerprint density at radius 3 is 2.34 bits per heavy atom. The SMILES string of the molecule is CCN1C(=O)[C@@]2(c3ccc(Cl)cc31)C(c1cccc(Cl)c1F)C(C(=O)NC13CCC(C(=O)O)(CC1)CC3)NC21CCCCC1. The highest BCUT2D eigenvalue weighted by Crippen LogP contribution is 2.64. The number of aliphatic carboxylic acids is 1. The summed E-state index contributed by atoms with van der Waals surface area (Å²) in [6.07, 6.45) is 7.35. The number of hydrogen-bond donors (Lipinski definition) is 3. The lowest BCUT2D eigenvalue weighted by Crippen LogP contribution is -2.62. The summed E-state index contributed by atoms with van der Waals surface area (Å²) in [4.78, 5) is 43.5. The van der Waals surface area contributed by atoms with Gasteiger partial charge in [0.2, 0.25) is 11.8 Å². The molecule has 2 amide bonds. The largest absolute Gasteiger partial charge is 0.481 e. The van der Waals surface area contributed by atoms with Gasteiger partial charge in [-0.3, -0.25) is 19.7 Å². The Bertz CT molecular complexity index is 1530. The monoisotopic (exact) mass is 641 g/mol. The van der Waals surface area contributed by atoms with Crippen molar-refractivity contribution in [3.8, 4) is 0 Å². The second-order valence-electron chi connectivity index (χ2n) is 13.8. The van der Waals surface area contributed by atoms with E-state index in [0.717, 1.165) is 24.8 Å². The van der Waals surface area contributed by atoms with Crippen molar-refractivity contribution in [3.05, 3.63) is 63.4 Å². The Hall–Kier alpha value is -2.68. The van der Waals surface area contributed by atoms with Crippen LogP contribution in [-0.4, -0.2) is 46.6 Å². The maximum atomic E-state index is 16.3. The van der Waals surface area contributed by atoms with Crippen LogP contribution in [-0.2, 0) is 19.8 Å². The molecule has 2 heterocycles. The molecular formula is C34H38Cl2FN3O4. The Labute approximate surface area is 266 Å². The fourth-order valence-corrected chi connectivity index (χ4v) is 10.1. The van der Waals surface area contributed by atoms with E-state index in [4.69, 9.17) is 23.2 Å². The molecule has 2 aromatic rings. The van der Waals surface area contributed by atoms with Crippen molar-refractivity contribution >= 4 is 46.7 Å². The van der Waals surface area contributed by atoms with Gasteiger partial charge in [0.1, 0.15) is 11.2 Å². The summed E-state index contributed by atoms with van der Waals surface area (Å²) in [5.74, 6) is -2.69. The van der Waals surface area contributed by atoms with Crippen molar-refractivity contribution in [2.45, 2.75) is 106 Å². The van der Waals surface area contributed by atoms with Crippen LogP contribution in [0.2, 0.25) is 10.0 Å². The zero-order chi connectivity index (χ0) is 31.1. The van der Waals surface area contributed by atoms with E-state index in [1.54, 1.807) is 29.2 Å². The van der Waals surface area contributed by atoms with Gasteiger partial charge in [0.05, 0.1) is 16.5 Å². The van der Waals surface area contributed by atoms with Gasteiger partial charge >= 0.3 is 5.97 Å². The molecule has 2 aliphatic heterocycles. The zero-order valence-electron chi connectivity index (χ0n) is 24.9. The molecule has 234 valence electrons. The number of fused-ring (bicyclic) bond motifs is 6. The number of carbonyl (C=O) groups excluding carboxylic acids is 2. The van der Waals surface area contributed by atoms with Gasteiger partial charge in [-0.15, -0.1) is 0 Å². The van der Waals surface area contributed by atoms with E-state index < -0.39 is 45.7 Å². The first kappa shape index (κ1) is 30.0. The van der Waals surface area contributed by atoms with Crippen molar-refractivity contribution in [2.24, 2.45) is 5.41 Å². The highest BCUT2D eigenvalue weighted by atomic mass is 35.5. The predicted molar refractivity (Wildman–Crippen MR) is 167 cm³/mol. The molecule has 4 saturated carbocycles. The lowest BCUT2D eigenvalue weighted by atomic mass is 9.55. The number of carbonyl (C=O) groups is 3. The number of likely N-dealkylation sites (N-methyl/N-ethyl adjacent to an activating group) is 1. The lowest BCUT2D eigenvalue weighted by molar-refractivity contribution is -0.157. The summed E-state index contributed by atoms with van der Waals surface area (Å²) in [5.41, 5.74) is -1.60. The van der Waals surface area contributed by atoms with Crippen LogP contribution in [0.15, 0.2) is 36.4 Å². The zero-order valence-corrected chi connectivity index (χ0v) is 26.4. The van der Waals surface area contributed by atoms with Crippen molar-refractivity contribution in [3.63, 3.8) is 0 Å². The third kappa shape index (κ3) is 3.99. The van der Waals surface area contributed by atoms with Gasteiger partial charge in [-0.1, -0.05) is 60.7 Å². The molecule has 2 spiro atoms. The van der Waals surface area contributed by atoms with Gasteiger partial charge in [-0.05, 0) is 87.6 Å². The van der Waals surface area contributed by atoms with Gasteiger partial charge in [0.15, 0.2) is 0 Å². The maximum absolute atomic E-state index is 16.3. The molecule has 0 radical (unpaired) electrons. The van der Waals surface area contributed by atoms with E-state index in [1.807, 2.05) is 13.0 Å². The quantitative estimate of drug-likeness (QED) is 0.347. The van der Waals surface area contributed by atoms with Gasteiger partial charge in [-0.2, -0.15) is 0 Å². The standard InChI is InChI=1S/C34H38Cl2FN3O4/c1-2-40-24-19-20(35)9-10-22(24)34(29(40)42)25(21-7-6-8-23(36)26(21)37)27(38-33(34)11-4-3-5-12-33)28(41)39-32-16-13-31(14-17-32,15-18-32)30(43)44/h6-10,19,25,27,38H,2-5,11-18H2,1H3,(H,39,41)(H,43,44)/t25?,27?,31?,32?,34-/m1/s1. The van der Waals surface area contributed by atoms with E-state index in [2.05, 4.69) is 10.6 Å². The van der Waals surface area contributed by atoms with Crippen LogP contribution in [0, 0.1) is 11.2 Å². The minimum absolute atomic E-state index is 0.0568. The first-order valence-electron chi connectivity index (χ1n) is 15.9. The second kappa shape index (κ2) is 10.4. The van der Waals surface area contributed by atoms with Crippen LogP contribution in [0.5, 0.6) is 0 Å². The molecule has 4 aliphatic carbocycles. The molecule has 8 rings (SSSR count). The maximum Gasteiger partial charge on any atom is 0.309 e. The molecule has 6 aliphatic rings. The highest BCUT2D eigenvalue weighted by molar-refractivity contribution is 6.31. The number of nitrogens with zero attached hydrogens (tertiary/aromatic N) is 1. The molecule has 2 bridgehead atoms. The molecule has 2 aromatic carbocycles.